The fraction of sp³-hybridized carbons (Fsp3) is 0.750. The van der Waals surface area contributed by atoms with Crippen LogP contribution in [-0.2, 0) is 0 Å². The van der Waals surface area contributed by atoms with E-state index in [4.69, 9.17) is 10.2 Å². The predicted octanol–water partition coefficient (Wildman–Crippen LogP) is 0.942. The van der Waals surface area contributed by atoms with Crippen molar-refractivity contribution in [2.24, 2.45) is 5.92 Å². The Kier molecular flexibility index (Phi) is 5.26. The van der Waals surface area contributed by atoms with Gasteiger partial charge in [-0.15, -0.1) is 0 Å². The van der Waals surface area contributed by atoms with Crippen LogP contribution in [0.5, 0.6) is 0 Å². The molecule has 0 aromatic heterocycles. The molecular weight excluding hydrogens is 128 g/mol. The third-order valence-corrected chi connectivity index (χ3v) is 1.59. The van der Waals surface area contributed by atoms with E-state index in [1.165, 1.54) is 0 Å². The summed E-state index contributed by atoms with van der Waals surface area (Å²) in [6.07, 6.45) is 4.19. The van der Waals surface area contributed by atoms with Gasteiger partial charge in [0, 0.05) is 0 Å². The summed E-state index contributed by atoms with van der Waals surface area (Å²) in [6.45, 7) is 3.72. The van der Waals surface area contributed by atoms with E-state index in [1.807, 2.05) is 26.0 Å². The molecule has 60 valence electrons. The highest BCUT2D eigenvalue weighted by atomic mass is 16.3. The maximum Gasteiger partial charge on any atom is 0.0799 e. The van der Waals surface area contributed by atoms with Crippen LogP contribution < -0.4 is 0 Å². The fourth-order valence-electron chi connectivity index (χ4n) is 0.688. The molecule has 0 saturated heterocycles. The minimum Gasteiger partial charge on any atom is -0.394 e. The van der Waals surface area contributed by atoms with Gasteiger partial charge in [0.15, 0.2) is 0 Å². The Morgan fingerprint density at radius 2 is 2.10 bits per heavy atom. The molecule has 0 aromatic rings. The Morgan fingerprint density at radius 3 is 2.50 bits per heavy atom. The molecule has 10 heavy (non-hydrogen) atoms. The summed E-state index contributed by atoms with van der Waals surface area (Å²) >= 11 is 0. The zero-order valence-corrected chi connectivity index (χ0v) is 6.62. The van der Waals surface area contributed by atoms with E-state index in [2.05, 4.69) is 0 Å². The number of aliphatic hydroxyl groups excluding tert-OH is 2. The Hall–Kier alpha value is -0.340. The molecule has 0 aliphatic heterocycles. The van der Waals surface area contributed by atoms with Gasteiger partial charge in [0.25, 0.3) is 0 Å². The van der Waals surface area contributed by atoms with Crippen LogP contribution in [0.4, 0.5) is 0 Å². The molecule has 0 amide bonds. The average Bonchev–Trinajstić information content (AvgIpc) is 1.98. The SMILES string of the molecule is C/C=C/C[C@@H](C)[C@@H](O)CO. The van der Waals surface area contributed by atoms with E-state index in [0.29, 0.717) is 0 Å². The first kappa shape index (κ1) is 9.66. The summed E-state index contributed by atoms with van der Waals surface area (Å²) < 4.78 is 0. The quantitative estimate of drug-likeness (QED) is 0.576. The third-order valence-electron chi connectivity index (χ3n) is 1.59. The molecule has 0 spiro atoms. The molecule has 2 N–H and O–H groups in total. The van der Waals surface area contributed by atoms with Gasteiger partial charge in [-0.05, 0) is 19.3 Å². The molecule has 0 radical (unpaired) electrons. The van der Waals surface area contributed by atoms with Crippen LogP contribution in [0.1, 0.15) is 20.3 Å². The fourth-order valence-corrected chi connectivity index (χ4v) is 0.688. The van der Waals surface area contributed by atoms with Crippen LogP contribution in [0.25, 0.3) is 0 Å². The van der Waals surface area contributed by atoms with Crippen molar-refractivity contribution in [1.29, 1.82) is 0 Å². The molecular formula is C8H16O2. The molecule has 0 unspecified atom stereocenters. The molecule has 0 rings (SSSR count). The van der Waals surface area contributed by atoms with Gasteiger partial charge in [0.2, 0.25) is 0 Å². The zero-order valence-electron chi connectivity index (χ0n) is 6.62. The van der Waals surface area contributed by atoms with Gasteiger partial charge >= 0.3 is 0 Å². The van der Waals surface area contributed by atoms with Gasteiger partial charge in [0.05, 0.1) is 12.7 Å². The highest BCUT2D eigenvalue weighted by Crippen LogP contribution is 2.07. The van der Waals surface area contributed by atoms with E-state index in [9.17, 15) is 0 Å². The first-order valence-electron chi connectivity index (χ1n) is 3.62. The highest BCUT2D eigenvalue weighted by molar-refractivity contribution is 4.81. The minimum absolute atomic E-state index is 0.140. The second-order valence-corrected chi connectivity index (χ2v) is 2.53. The number of rotatable bonds is 4. The number of hydrogen-bond acceptors (Lipinski definition) is 2. The molecule has 0 aliphatic carbocycles. The molecule has 2 heteroatoms. The molecule has 0 aromatic carbocycles. The Balaban J connectivity index is 3.50. The van der Waals surface area contributed by atoms with Crippen molar-refractivity contribution in [1.82, 2.24) is 0 Å². The highest BCUT2D eigenvalue weighted by Gasteiger charge is 2.09. The van der Waals surface area contributed by atoms with Crippen molar-refractivity contribution in [3.63, 3.8) is 0 Å². The Labute approximate surface area is 62.2 Å². The molecule has 0 aliphatic rings. The van der Waals surface area contributed by atoms with Crippen LogP contribution in [-0.4, -0.2) is 22.9 Å². The number of hydrogen-bond donors (Lipinski definition) is 2. The molecule has 2 atom stereocenters. The van der Waals surface area contributed by atoms with Gasteiger partial charge in [-0.3, -0.25) is 0 Å². The van der Waals surface area contributed by atoms with E-state index < -0.39 is 6.10 Å². The second-order valence-electron chi connectivity index (χ2n) is 2.53. The number of allylic oxidation sites excluding steroid dienone is 2. The predicted molar refractivity (Wildman–Crippen MR) is 41.7 cm³/mol. The summed E-state index contributed by atoms with van der Waals surface area (Å²) in [5.41, 5.74) is 0. The monoisotopic (exact) mass is 144 g/mol. The third kappa shape index (κ3) is 3.64. The van der Waals surface area contributed by atoms with E-state index in [-0.39, 0.29) is 12.5 Å². The lowest BCUT2D eigenvalue weighted by Crippen LogP contribution is -2.20. The Morgan fingerprint density at radius 1 is 1.50 bits per heavy atom. The van der Waals surface area contributed by atoms with Crippen molar-refractivity contribution < 1.29 is 10.2 Å². The summed E-state index contributed by atoms with van der Waals surface area (Å²) in [6, 6.07) is 0. The van der Waals surface area contributed by atoms with Crippen molar-refractivity contribution in [3.8, 4) is 0 Å². The lowest BCUT2D eigenvalue weighted by atomic mass is 10.0. The minimum atomic E-state index is -0.573. The lowest BCUT2D eigenvalue weighted by Gasteiger charge is -2.13. The van der Waals surface area contributed by atoms with Gasteiger partial charge in [-0.25, -0.2) is 0 Å². The standard InChI is InChI=1S/C8H16O2/c1-3-4-5-7(2)8(10)6-9/h3-4,7-10H,5-6H2,1-2H3/b4-3+/t7-,8+/m1/s1. The first-order valence-corrected chi connectivity index (χ1v) is 3.62. The smallest absolute Gasteiger partial charge is 0.0799 e. The molecule has 0 bridgehead atoms. The van der Waals surface area contributed by atoms with E-state index in [1.54, 1.807) is 0 Å². The van der Waals surface area contributed by atoms with Crippen LogP contribution in [0, 0.1) is 5.92 Å². The van der Waals surface area contributed by atoms with E-state index >= 15 is 0 Å². The molecule has 0 heterocycles. The van der Waals surface area contributed by atoms with Gasteiger partial charge in [-0.1, -0.05) is 19.1 Å². The van der Waals surface area contributed by atoms with Gasteiger partial charge in [-0.2, -0.15) is 0 Å². The first-order chi connectivity index (χ1) is 4.72. The summed E-state index contributed by atoms with van der Waals surface area (Å²) in [5.74, 6) is 0.154. The average molecular weight is 144 g/mol. The lowest BCUT2D eigenvalue weighted by molar-refractivity contribution is 0.0544. The topological polar surface area (TPSA) is 40.5 Å². The maximum absolute atomic E-state index is 9.07. The summed E-state index contributed by atoms with van der Waals surface area (Å²) in [7, 11) is 0. The maximum atomic E-state index is 9.07. The molecule has 0 saturated carbocycles. The van der Waals surface area contributed by atoms with Crippen LogP contribution >= 0.6 is 0 Å². The van der Waals surface area contributed by atoms with Crippen molar-refractivity contribution in [3.05, 3.63) is 12.2 Å². The van der Waals surface area contributed by atoms with Crippen LogP contribution in [0.2, 0.25) is 0 Å². The number of aliphatic hydroxyl groups is 2. The normalized spacial score (nSPS) is 17.6. The summed E-state index contributed by atoms with van der Waals surface area (Å²) in [4.78, 5) is 0. The summed E-state index contributed by atoms with van der Waals surface area (Å²) in [5, 5.41) is 17.6. The Bertz CT molecular complexity index is 99.4. The molecule has 0 fully saturated rings. The van der Waals surface area contributed by atoms with E-state index in [0.717, 1.165) is 6.42 Å². The van der Waals surface area contributed by atoms with Gasteiger partial charge < -0.3 is 10.2 Å². The second kappa shape index (κ2) is 5.45. The van der Waals surface area contributed by atoms with Gasteiger partial charge in [0.1, 0.15) is 0 Å². The largest absolute Gasteiger partial charge is 0.394 e. The van der Waals surface area contributed by atoms with Crippen LogP contribution in [0.15, 0.2) is 12.2 Å². The van der Waals surface area contributed by atoms with Crippen molar-refractivity contribution in [2.45, 2.75) is 26.4 Å². The van der Waals surface area contributed by atoms with Crippen LogP contribution in [0.3, 0.4) is 0 Å². The molecule has 2 nitrogen and oxygen atoms in total. The van der Waals surface area contributed by atoms with Crippen molar-refractivity contribution in [2.75, 3.05) is 6.61 Å². The zero-order chi connectivity index (χ0) is 7.98. The van der Waals surface area contributed by atoms with Crippen molar-refractivity contribution >= 4 is 0 Å².